The quantitative estimate of drug-likeness (QED) is 0.224. The summed E-state index contributed by atoms with van der Waals surface area (Å²) in [6, 6.07) is 16.0. The summed E-state index contributed by atoms with van der Waals surface area (Å²) in [6.45, 7) is 7.73. The van der Waals surface area contributed by atoms with Gasteiger partial charge in [-0.05, 0) is 88.5 Å². The molecule has 0 bridgehead atoms. The van der Waals surface area contributed by atoms with Gasteiger partial charge in [-0.3, -0.25) is 9.59 Å². The fraction of sp³-hybridized carbons (Fsp3) is 0.412. The van der Waals surface area contributed by atoms with Gasteiger partial charge in [0.25, 0.3) is 5.91 Å². The number of fused-ring (bicyclic) bond motifs is 3. The number of unbranched alkanes of at least 4 members (excludes halogenated alkanes) is 1. The molecule has 1 fully saturated rings. The maximum atomic E-state index is 13.7. The smallest absolute Gasteiger partial charge is 0.256 e. The van der Waals surface area contributed by atoms with Crippen molar-refractivity contribution in [3.8, 4) is 17.2 Å². The molecular formula is C34H42N6O3. The van der Waals surface area contributed by atoms with Crippen molar-refractivity contribution in [3.05, 3.63) is 70.5 Å². The topological polar surface area (TPSA) is 82.1 Å². The first-order chi connectivity index (χ1) is 20.9. The fourth-order valence-electron chi connectivity index (χ4n) is 6.02. The van der Waals surface area contributed by atoms with Crippen LogP contribution in [-0.2, 0) is 0 Å². The van der Waals surface area contributed by atoms with E-state index in [0.29, 0.717) is 28.9 Å². The van der Waals surface area contributed by atoms with E-state index in [0.717, 1.165) is 87.2 Å². The van der Waals surface area contributed by atoms with Crippen LogP contribution in [0, 0.1) is 0 Å². The van der Waals surface area contributed by atoms with Crippen molar-refractivity contribution in [2.24, 2.45) is 0 Å². The Hall–Kier alpha value is -3.92. The van der Waals surface area contributed by atoms with Crippen LogP contribution in [0.15, 0.2) is 59.5 Å². The van der Waals surface area contributed by atoms with Gasteiger partial charge >= 0.3 is 0 Å². The second-order valence-corrected chi connectivity index (χ2v) is 12.0. The molecule has 9 heteroatoms. The summed E-state index contributed by atoms with van der Waals surface area (Å²) in [6.07, 6.45) is 4.52. The molecule has 0 unspecified atom stereocenters. The Morgan fingerprint density at radius 3 is 2.49 bits per heavy atom. The summed E-state index contributed by atoms with van der Waals surface area (Å²) in [5, 5.41) is 9.14. The molecule has 4 aromatic rings. The number of nitrogens with one attached hydrogen (secondary N) is 2. The van der Waals surface area contributed by atoms with Crippen LogP contribution in [0.5, 0.6) is 11.5 Å². The van der Waals surface area contributed by atoms with E-state index in [-0.39, 0.29) is 16.9 Å². The number of piperazine rings is 1. The zero-order valence-electron chi connectivity index (χ0n) is 25.5. The largest absolute Gasteiger partial charge is 0.451 e. The first-order valence-corrected chi connectivity index (χ1v) is 15.4. The summed E-state index contributed by atoms with van der Waals surface area (Å²) in [7, 11) is 6.25. The predicted octanol–water partition coefficient (Wildman–Crippen LogP) is 4.37. The minimum Gasteiger partial charge on any atom is -0.451 e. The third-order valence-corrected chi connectivity index (χ3v) is 8.54. The second-order valence-electron chi connectivity index (χ2n) is 12.0. The van der Waals surface area contributed by atoms with Crippen LogP contribution in [0.3, 0.4) is 0 Å². The van der Waals surface area contributed by atoms with E-state index in [1.165, 1.54) is 0 Å². The summed E-state index contributed by atoms with van der Waals surface area (Å²) < 4.78 is 8.54. The number of benzene rings is 3. The van der Waals surface area contributed by atoms with E-state index in [9.17, 15) is 9.59 Å². The molecule has 0 spiro atoms. The Bertz CT molecular complexity index is 1690. The Morgan fingerprint density at radius 2 is 1.72 bits per heavy atom. The van der Waals surface area contributed by atoms with Gasteiger partial charge in [0.2, 0.25) is 5.43 Å². The standard InChI is InChI=1S/C34H42N6O3/c1-37(2)15-7-6-13-36-34(42)27-23-40-29-21-24-9-4-5-10-25(24)22-30(29)43-33-28(12-11-26(31(33)40)32(27)41)35-14-8-16-39-19-17-38(3)18-20-39/h4-5,9-12,21-23,35H,6-8,13-20H2,1-3H3,(H,36,42). The molecule has 226 valence electrons. The third kappa shape index (κ3) is 6.25. The Labute approximate surface area is 253 Å². The van der Waals surface area contributed by atoms with E-state index in [1.807, 2.05) is 49.0 Å². The highest BCUT2D eigenvalue weighted by atomic mass is 16.5. The van der Waals surface area contributed by atoms with Gasteiger partial charge < -0.3 is 34.6 Å². The monoisotopic (exact) mass is 582 g/mol. The maximum absolute atomic E-state index is 13.7. The molecule has 9 nitrogen and oxygen atoms in total. The van der Waals surface area contributed by atoms with E-state index in [1.54, 1.807) is 6.20 Å². The zero-order chi connectivity index (χ0) is 29.9. The van der Waals surface area contributed by atoms with E-state index >= 15 is 0 Å². The third-order valence-electron chi connectivity index (χ3n) is 8.54. The van der Waals surface area contributed by atoms with Crippen LogP contribution in [0.1, 0.15) is 29.6 Å². The Kier molecular flexibility index (Phi) is 8.65. The lowest BCUT2D eigenvalue weighted by atomic mass is 10.0. The molecule has 1 saturated heterocycles. The number of carbonyl (C=O) groups is 1. The van der Waals surface area contributed by atoms with E-state index in [2.05, 4.69) is 50.6 Å². The van der Waals surface area contributed by atoms with Gasteiger partial charge in [-0.1, -0.05) is 24.3 Å². The van der Waals surface area contributed by atoms with E-state index < -0.39 is 0 Å². The number of amides is 1. The van der Waals surface area contributed by atoms with Crippen LogP contribution in [0.25, 0.3) is 27.4 Å². The van der Waals surface area contributed by atoms with Crippen molar-refractivity contribution in [3.63, 3.8) is 0 Å². The molecule has 1 aromatic heterocycles. The highest BCUT2D eigenvalue weighted by Crippen LogP contribution is 2.45. The summed E-state index contributed by atoms with van der Waals surface area (Å²) in [4.78, 5) is 34.0. The molecule has 2 N–H and O–H groups in total. The lowest BCUT2D eigenvalue weighted by Crippen LogP contribution is -2.44. The molecule has 2 aliphatic heterocycles. The normalized spacial score (nSPS) is 15.1. The average Bonchev–Trinajstić information content (AvgIpc) is 3.00. The number of hydrogen-bond acceptors (Lipinski definition) is 7. The molecule has 1 amide bonds. The molecule has 2 aliphatic rings. The van der Waals surface area contributed by atoms with Crippen molar-refractivity contribution < 1.29 is 9.53 Å². The number of rotatable bonds is 11. The Morgan fingerprint density at radius 1 is 0.953 bits per heavy atom. The lowest BCUT2D eigenvalue weighted by Gasteiger charge is -2.32. The predicted molar refractivity (Wildman–Crippen MR) is 174 cm³/mol. The number of nitrogens with zero attached hydrogens (tertiary/aromatic N) is 4. The summed E-state index contributed by atoms with van der Waals surface area (Å²) >= 11 is 0. The van der Waals surface area contributed by atoms with Crippen molar-refractivity contribution in [2.45, 2.75) is 19.3 Å². The highest BCUT2D eigenvalue weighted by Gasteiger charge is 2.26. The van der Waals surface area contributed by atoms with Gasteiger partial charge in [-0.2, -0.15) is 0 Å². The van der Waals surface area contributed by atoms with Crippen LogP contribution < -0.4 is 20.8 Å². The van der Waals surface area contributed by atoms with Gasteiger partial charge in [0, 0.05) is 45.5 Å². The number of carbonyl (C=O) groups excluding carboxylic acids is 1. The molecule has 3 heterocycles. The highest BCUT2D eigenvalue weighted by molar-refractivity contribution is 6.01. The number of ether oxygens (including phenoxy) is 1. The zero-order valence-corrected chi connectivity index (χ0v) is 25.5. The van der Waals surface area contributed by atoms with Crippen LogP contribution in [-0.4, -0.2) is 98.7 Å². The minimum atomic E-state index is -0.345. The molecule has 0 radical (unpaired) electrons. The van der Waals surface area contributed by atoms with Crippen LogP contribution in [0.4, 0.5) is 5.69 Å². The van der Waals surface area contributed by atoms with Crippen LogP contribution in [0.2, 0.25) is 0 Å². The van der Waals surface area contributed by atoms with Crippen molar-refractivity contribution in [1.29, 1.82) is 0 Å². The summed E-state index contributed by atoms with van der Waals surface area (Å²) in [5.41, 5.74) is 2.19. The SMILES string of the molecule is CN(C)CCCCNC(=O)c1cn2c3c(c(NCCCN4CCN(C)CC4)ccc3c1=O)Oc1cc3ccccc3cc1-2. The molecular weight excluding hydrogens is 540 g/mol. The van der Waals surface area contributed by atoms with Crippen molar-refractivity contribution in [1.82, 2.24) is 24.6 Å². The summed E-state index contributed by atoms with van der Waals surface area (Å²) in [5.74, 6) is 0.965. The van der Waals surface area contributed by atoms with Crippen molar-refractivity contribution in [2.75, 3.05) is 78.8 Å². The molecule has 3 aromatic carbocycles. The number of pyridine rings is 1. The molecule has 0 saturated carbocycles. The maximum Gasteiger partial charge on any atom is 0.256 e. The lowest BCUT2D eigenvalue weighted by molar-refractivity contribution is 0.0951. The number of aromatic nitrogens is 1. The fourth-order valence-corrected chi connectivity index (χ4v) is 6.02. The first kappa shape index (κ1) is 29.2. The van der Waals surface area contributed by atoms with Crippen molar-refractivity contribution >= 4 is 33.3 Å². The van der Waals surface area contributed by atoms with Gasteiger partial charge in [0.05, 0.1) is 16.8 Å². The number of likely N-dealkylation sites (N-methyl/N-ethyl adjacent to an activating group) is 1. The van der Waals surface area contributed by atoms with Gasteiger partial charge in [-0.25, -0.2) is 0 Å². The van der Waals surface area contributed by atoms with Gasteiger partial charge in [0.15, 0.2) is 11.5 Å². The molecule has 6 rings (SSSR count). The van der Waals surface area contributed by atoms with Crippen LogP contribution >= 0.6 is 0 Å². The van der Waals surface area contributed by atoms with Gasteiger partial charge in [-0.15, -0.1) is 0 Å². The second kappa shape index (κ2) is 12.8. The molecule has 0 atom stereocenters. The van der Waals surface area contributed by atoms with Gasteiger partial charge in [0.1, 0.15) is 11.1 Å². The number of hydrogen-bond donors (Lipinski definition) is 2. The Balaban J connectivity index is 1.31. The minimum absolute atomic E-state index is 0.139. The first-order valence-electron chi connectivity index (χ1n) is 15.4. The average molecular weight is 583 g/mol. The number of anilines is 1. The molecule has 43 heavy (non-hydrogen) atoms. The van der Waals surface area contributed by atoms with E-state index in [4.69, 9.17) is 4.74 Å². The molecule has 0 aliphatic carbocycles.